The van der Waals surface area contributed by atoms with Crippen molar-refractivity contribution in [2.75, 3.05) is 5.32 Å². The van der Waals surface area contributed by atoms with Crippen LogP contribution in [-0.2, 0) is 0 Å². The van der Waals surface area contributed by atoms with Crippen LogP contribution in [0.15, 0.2) is 42.5 Å². The molecule has 0 radical (unpaired) electrons. The molecule has 0 aromatic heterocycles. The van der Waals surface area contributed by atoms with Crippen LogP contribution in [0, 0.1) is 12.7 Å². The molecule has 0 fully saturated rings. The number of halogens is 1. The van der Waals surface area contributed by atoms with Crippen LogP contribution >= 0.6 is 0 Å². The Morgan fingerprint density at radius 1 is 1.17 bits per heavy atom. The zero-order valence-corrected chi connectivity index (χ0v) is 9.77. The summed E-state index contributed by atoms with van der Waals surface area (Å²) < 4.78 is 13.7. The number of aromatic carboxylic acids is 1. The van der Waals surface area contributed by atoms with Gasteiger partial charge < -0.3 is 10.4 Å². The minimum atomic E-state index is -1.16. The van der Waals surface area contributed by atoms with E-state index in [1.807, 2.05) is 19.1 Å². The van der Waals surface area contributed by atoms with Crippen molar-refractivity contribution in [1.29, 1.82) is 0 Å². The van der Waals surface area contributed by atoms with Crippen molar-refractivity contribution in [3.63, 3.8) is 0 Å². The highest BCUT2D eigenvalue weighted by Gasteiger charge is 2.14. The maximum Gasteiger partial charge on any atom is 0.337 e. The highest BCUT2D eigenvalue weighted by atomic mass is 19.1. The average molecular weight is 245 g/mol. The van der Waals surface area contributed by atoms with E-state index in [1.165, 1.54) is 18.2 Å². The average Bonchev–Trinajstić information content (AvgIpc) is 2.34. The highest BCUT2D eigenvalue weighted by Crippen LogP contribution is 2.26. The number of carbonyl (C=O) groups is 1. The van der Waals surface area contributed by atoms with Gasteiger partial charge >= 0.3 is 5.97 Å². The quantitative estimate of drug-likeness (QED) is 0.869. The Bertz CT molecular complexity index is 596. The molecule has 18 heavy (non-hydrogen) atoms. The highest BCUT2D eigenvalue weighted by molar-refractivity contribution is 5.95. The summed E-state index contributed by atoms with van der Waals surface area (Å²) in [4.78, 5) is 11.0. The maximum atomic E-state index is 13.7. The summed E-state index contributed by atoms with van der Waals surface area (Å²) in [6.07, 6.45) is 0. The fourth-order valence-electron chi connectivity index (χ4n) is 1.68. The van der Waals surface area contributed by atoms with E-state index in [0.717, 1.165) is 5.56 Å². The molecule has 0 saturated heterocycles. The Morgan fingerprint density at radius 2 is 1.89 bits per heavy atom. The molecule has 2 aromatic rings. The summed E-state index contributed by atoms with van der Waals surface area (Å²) in [7, 11) is 0. The molecule has 0 spiro atoms. The molecule has 0 unspecified atom stereocenters. The fourth-order valence-corrected chi connectivity index (χ4v) is 1.68. The summed E-state index contributed by atoms with van der Waals surface area (Å²) in [5, 5.41) is 11.9. The number of para-hydroxylation sites is 2. The number of benzene rings is 2. The van der Waals surface area contributed by atoms with Crippen molar-refractivity contribution in [2.24, 2.45) is 0 Å². The van der Waals surface area contributed by atoms with Gasteiger partial charge in [0.1, 0.15) is 5.82 Å². The Hall–Kier alpha value is -2.36. The smallest absolute Gasteiger partial charge is 0.337 e. The number of hydrogen-bond donors (Lipinski definition) is 2. The Labute approximate surface area is 104 Å². The Morgan fingerprint density at radius 3 is 2.56 bits per heavy atom. The van der Waals surface area contributed by atoms with Gasteiger partial charge in [-0.15, -0.1) is 0 Å². The standard InChI is InChI=1S/C14H12FNO2/c1-9-5-2-3-8-12(9)16-13-10(14(17)18)6-4-7-11(13)15/h2-8,16H,1H3,(H,17,18). The first-order valence-corrected chi connectivity index (χ1v) is 5.44. The van der Waals surface area contributed by atoms with E-state index in [1.54, 1.807) is 12.1 Å². The molecular formula is C14H12FNO2. The van der Waals surface area contributed by atoms with Gasteiger partial charge in [0.05, 0.1) is 11.3 Å². The molecule has 4 heteroatoms. The van der Waals surface area contributed by atoms with Gasteiger partial charge in [0.15, 0.2) is 0 Å². The Kier molecular flexibility index (Phi) is 3.28. The van der Waals surface area contributed by atoms with E-state index in [2.05, 4.69) is 5.32 Å². The lowest BCUT2D eigenvalue weighted by Gasteiger charge is -2.12. The summed E-state index contributed by atoms with van der Waals surface area (Å²) in [5.74, 6) is -1.75. The molecule has 2 aromatic carbocycles. The molecular weight excluding hydrogens is 233 g/mol. The van der Waals surface area contributed by atoms with E-state index >= 15 is 0 Å². The minimum Gasteiger partial charge on any atom is -0.478 e. The van der Waals surface area contributed by atoms with Crippen molar-refractivity contribution in [3.05, 3.63) is 59.4 Å². The van der Waals surface area contributed by atoms with E-state index in [-0.39, 0.29) is 11.3 Å². The van der Waals surface area contributed by atoms with Crippen LogP contribution in [0.2, 0.25) is 0 Å². The minimum absolute atomic E-state index is 0.0145. The van der Waals surface area contributed by atoms with Gasteiger partial charge in [-0.2, -0.15) is 0 Å². The molecule has 3 nitrogen and oxygen atoms in total. The lowest BCUT2D eigenvalue weighted by Crippen LogP contribution is -2.05. The number of carboxylic acid groups (broad SMARTS) is 1. The zero-order valence-electron chi connectivity index (χ0n) is 9.77. The monoisotopic (exact) mass is 245 g/mol. The molecule has 92 valence electrons. The summed E-state index contributed by atoms with van der Waals surface area (Å²) in [5.41, 5.74) is 1.50. The molecule has 0 atom stereocenters. The maximum absolute atomic E-state index is 13.7. The van der Waals surface area contributed by atoms with E-state index < -0.39 is 11.8 Å². The first kappa shape index (κ1) is 12.1. The second kappa shape index (κ2) is 4.87. The van der Waals surface area contributed by atoms with Crippen LogP contribution < -0.4 is 5.32 Å². The van der Waals surface area contributed by atoms with Gasteiger partial charge in [-0.05, 0) is 30.7 Å². The van der Waals surface area contributed by atoms with Crippen molar-refractivity contribution >= 4 is 17.3 Å². The van der Waals surface area contributed by atoms with Crippen LogP contribution in [0.4, 0.5) is 15.8 Å². The predicted octanol–water partition coefficient (Wildman–Crippen LogP) is 3.58. The number of carboxylic acids is 1. The lowest BCUT2D eigenvalue weighted by atomic mass is 10.1. The normalized spacial score (nSPS) is 10.1. The van der Waals surface area contributed by atoms with Crippen molar-refractivity contribution in [1.82, 2.24) is 0 Å². The third-order valence-electron chi connectivity index (χ3n) is 2.65. The van der Waals surface area contributed by atoms with Crippen LogP contribution in [0.3, 0.4) is 0 Å². The van der Waals surface area contributed by atoms with Crippen LogP contribution in [0.1, 0.15) is 15.9 Å². The number of aryl methyl sites for hydroxylation is 1. The second-order valence-electron chi connectivity index (χ2n) is 3.91. The number of hydrogen-bond acceptors (Lipinski definition) is 2. The van der Waals surface area contributed by atoms with Crippen molar-refractivity contribution in [3.8, 4) is 0 Å². The first-order chi connectivity index (χ1) is 8.59. The van der Waals surface area contributed by atoms with Crippen LogP contribution in [-0.4, -0.2) is 11.1 Å². The first-order valence-electron chi connectivity index (χ1n) is 5.44. The Balaban J connectivity index is 2.46. The predicted molar refractivity (Wildman–Crippen MR) is 67.8 cm³/mol. The van der Waals surface area contributed by atoms with Gasteiger partial charge in [-0.1, -0.05) is 24.3 Å². The molecule has 0 heterocycles. The van der Waals surface area contributed by atoms with Gasteiger partial charge in [0, 0.05) is 5.69 Å². The van der Waals surface area contributed by atoms with Crippen molar-refractivity contribution < 1.29 is 14.3 Å². The van der Waals surface area contributed by atoms with Crippen molar-refractivity contribution in [2.45, 2.75) is 6.92 Å². The van der Waals surface area contributed by atoms with E-state index in [9.17, 15) is 9.18 Å². The molecule has 2 rings (SSSR count). The third kappa shape index (κ3) is 2.32. The number of nitrogens with one attached hydrogen (secondary N) is 1. The van der Waals surface area contributed by atoms with Gasteiger partial charge in [0.25, 0.3) is 0 Å². The molecule has 0 bridgehead atoms. The molecule has 0 aliphatic heterocycles. The van der Waals surface area contributed by atoms with Crippen LogP contribution in [0.5, 0.6) is 0 Å². The fraction of sp³-hybridized carbons (Fsp3) is 0.0714. The topological polar surface area (TPSA) is 49.3 Å². The third-order valence-corrected chi connectivity index (χ3v) is 2.65. The summed E-state index contributed by atoms with van der Waals surface area (Å²) in [6.45, 7) is 1.86. The molecule has 2 N–H and O–H groups in total. The molecule has 0 saturated carbocycles. The number of rotatable bonds is 3. The van der Waals surface area contributed by atoms with Gasteiger partial charge in [-0.25, -0.2) is 9.18 Å². The second-order valence-corrected chi connectivity index (χ2v) is 3.91. The number of anilines is 2. The SMILES string of the molecule is Cc1ccccc1Nc1c(F)cccc1C(=O)O. The summed E-state index contributed by atoms with van der Waals surface area (Å²) >= 11 is 0. The van der Waals surface area contributed by atoms with Gasteiger partial charge in [0.2, 0.25) is 0 Å². The molecule has 0 aliphatic rings. The van der Waals surface area contributed by atoms with Crippen LogP contribution in [0.25, 0.3) is 0 Å². The van der Waals surface area contributed by atoms with Gasteiger partial charge in [-0.3, -0.25) is 0 Å². The van der Waals surface area contributed by atoms with E-state index in [0.29, 0.717) is 5.69 Å². The molecule has 0 amide bonds. The largest absolute Gasteiger partial charge is 0.478 e. The summed E-state index contributed by atoms with van der Waals surface area (Å²) in [6, 6.07) is 11.3. The molecule has 0 aliphatic carbocycles. The lowest BCUT2D eigenvalue weighted by molar-refractivity contribution is 0.0697. The van der Waals surface area contributed by atoms with E-state index in [4.69, 9.17) is 5.11 Å². The zero-order chi connectivity index (χ0) is 13.1.